The lowest BCUT2D eigenvalue weighted by atomic mass is 10.1. The van der Waals surface area contributed by atoms with Crippen molar-refractivity contribution < 1.29 is 46.8 Å². The molecule has 0 aromatic carbocycles. The van der Waals surface area contributed by atoms with Gasteiger partial charge in [-0.3, -0.25) is 23.4 Å². The van der Waals surface area contributed by atoms with Gasteiger partial charge in [0.2, 0.25) is 0 Å². The third-order valence-corrected chi connectivity index (χ3v) is 10.6. The number of nitrogens with zero attached hydrogens (tertiary/aromatic N) is 1. The highest BCUT2D eigenvalue weighted by Crippen LogP contribution is 2.43. The van der Waals surface area contributed by atoms with Crippen LogP contribution in [0.25, 0.3) is 0 Å². The van der Waals surface area contributed by atoms with Crippen LogP contribution in [0.2, 0.25) is 0 Å². The number of unbranched alkanes of at least 4 members (excludes halogenated alkanes) is 13. The van der Waals surface area contributed by atoms with Gasteiger partial charge in [0.1, 0.15) is 19.8 Å². The molecule has 11 heteroatoms. The summed E-state index contributed by atoms with van der Waals surface area (Å²) >= 11 is 0. The van der Waals surface area contributed by atoms with Gasteiger partial charge < -0.3 is 18.9 Å². The third-order valence-electron chi connectivity index (χ3n) is 9.62. The minimum Gasteiger partial charge on any atom is -0.462 e. The highest BCUT2D eigenvalue weighted by molar-refractivity contribution is 7.47. The van der Waals surface area contributed by atoms with Crippen LogP contribution in [-0.2, 0) is 37.5 Å². The molecule has 62 heavy (non-hydrogen) atoms. The summed E-state index contributed by atoms with van der Waals surface area (Å²) in [5, 5.41) is 0. The Hall–Kier alpha value is -3.14. The van der Waals surface area contributed by atoms with E-state index in [0.717, 1.165) is 83.5 Å². The van der Waals surface area contributed by atoms with Crippen molar-refractivity contribution in [1.82, 2.24) is 0 Å². The Bertz CT molecular complexity index is 1390. The molecule has 10 nitrogen and oxygen atoms in total. The molecule has 0 amide bonds. The number of hydrogen-bond acceptors (Lipinski definition) is 8. The molecular formula is C51H87NO9P+. The summed E-state index contributed by atoms with van der Waals surface area (Å²) in [4.78, 5) is 47.2. The van der Waals surface area contributed by atoms with Gasteiger partial charge in [-0.25, -0.2) is 4.57 Å². The number of esters is 2. The van der Waals surface area contributed by atoms with Crippen molar-refractivity contribution in [3.8, 4) is 0 Å². The van der Waals surface area contributed by atoms with Gasteiger partial charge in [-0.2, -0.15) is 0 Å². The molecule has 0 rings (SSSR count). The Kier molecular flexibility index (Phi) is 39.7. The minimum absolute atomic E-state index is 0.00589. The Morgan fingerprint density at radius 2 is 1.03 bits per heavy atom. The summed E-state index contributed by atoms with van der Waals surface area (Å²) in [5.41, 5.74) is 0. The van der Waals surface area contributed by atoms with E-state index >= 15 is 0 Å². The number of ketones is 1. The average Bonchev–Trinajstić information content (AvgIpc) is 3.22. The molecule has 0 aliphatic heterocycles. The van der Waals surface area contributed by atoms with Gasteiger partial charge in [0, 0.05) is 19.3 Å². The van der Waals surface area contributed by atoms with E-state index in [0.29, 0.717) is 36.7 Å². The number of quaternary nitrogens is 1. The van der Waals surface area contributed by atoms with Gasteiger partial charge >= 0.3 is 19.8 Å². The molecule has 0 saturated carbocycles. The smallest absolute Gasteiger partial charge is 0.462 e. The second kappa shape index (κ2) is 41.8. The van der Waals surface area contributed by atoms with Crippen LogP contribution in [-0.4, -0.2) is 80.7 Å². The van der Waals surface area contributed by atoms with E-state index < -0.39 is 32.5 Å². The van der Waals surface area contributed by atoms with E-state index in [1.165, 1.54) is 32.1 Å². The van der Waals surface area contributed by atoms with Crippen LogP contribution in [0.4, 0.5) is 0 Å². The van der Waals surface area contributed by atoms with E-state index in [1.807, 2.05) is 45.4 Å². The number of likely N-dealkylation sites (N-methyl/N-ethyl adjacent to an activating group) is 1. The second-order valence-electron chi connectivity index (χ2n) is 16.8. The predicted octanol–water partition coefficient (Wildman–Crippen LogP) is 13.1. The van der Waals surface area contributed by atoms with Crippen molar-refractivity contribution in [2.45, 2.75) is 174 Å². The molecule has 354 valence electrons. The van der Waals surface area contributed by atoms with Crippen molar-refractivity contribution in [3.63, 3.8) is 0 Å². The number of carbonyl (C=O) groups excluding carboxylic acids is 3. The molecule has 0 aromatic rings. The lowest BCUT2D eigenvalue weighted by Gasteiger charge is -2.24. The van der Waals surface area contributed by atoms with Crippen LogP contribution in [0, 0.1) is 0 Å². The zero-order valence-corrected chi connectivity index (χ0v) is 40.5. The van der Waals surface area contributed by atoms with Gasteiger partial charge in [0.25, 0.3) is 0 Å². The van der Waals surface area contributed by atoms with E-state index in [9.17, 15) is 23.8 Å². The first-order chi connectivity index (χ1) is 29.9. The number of phosphoric acid groups is 1. The zero-order chi connectivity index (χ0) is 45.8. The Morgan fingerprint density at radius 3 is 1.63 bits per heavy atom. The normalized spacial score (nSPS) is 14.2. The monoisotopic (exact) mass is 889 g/mol. The molecule has 0 bridgehead atoms. The van der Waals surface area contributed by atoms with Crippen molar-refractivity contribution in [1.29, 1.82) is 0 Å². The molecule has 0 aromatic heterocycles. The molecule has 1 unspecified atom stereocenters. The first-order valence-corrected chi connectivity index (χ1v) is 25.3. The van der Waals surface area contributed by atoms with Crippen molar-refractivity contribution in [2.75, 3.05) is 47.5 Å². The van der Waals surface area contributed by atoms with E-state index in [2.05, 4.69) is 62.5 Å². The summed E-state index contributed by atoms with van der Waals surface area (Å²) in [6, 6.07) is 0. The number of allylic oxidation sites excluding steroid dienone is 14. The van der Waals surface area contributed by atoms with E-state index in [4.69, 9.17) is 18.5 Å². The summed E-state index contributed by atoms with van der Waals surface area (Å²) in [7, 11) is 1.39. The number of ether oxygens (including phenoxy) is 2. The van der Waals surface area contributed by atoms with E-state index in [1.54, 1.807) is 12.2 Å². The predicted molar refractivity (Wildman–Crippen MR) is 257 cm³/mol. The topological polar surface area (TPSA) is 125 Å². The minimum atomic E-state index is -4.41. The fraction of sp³-hybridized carbons (Fsp3) is 0.667. The maximum Gasteiger partial charge on any atom is 0.472 e. The second-order valence-corrected chi connectivity index (χ2v) is 18.3. The Balaban J connectivity index is 4.48. The van der Waals surface area contributed by atoms with E-state index in [-0.39, 0.29) is 31.8 Å². The zero-order valence-electron chi connectivity index (χ0n) is 39.6. The number of hydrogen-bond donors (Lipinski definition) is 1. The molecule has 0 saturated heterocycles. The lowest BCUT2D eigenvalue weighted by Crippen LogP contribution is -2.37. The van der Waals surface area contributed by atoms with Crippen LogP contribution in [0.1, 0.15) is 168 Å². The van der Waals surface area contributed by atoms with Crippen LogP contribution in [0.3, 0.4) is 0 Å². The SMILES string of the molecule is CCCCCC/C=C\C/C=C\C/C=C\CCCCCCCCC(=O)O[C@H](COC(=O)CCC/C=C\C/C=C\C/C=C\C=C\C(=O)CCCCC)COP(=O)(O)OCC[N+](C)(C)C. The van der Waals surface area contributed by atoms with Gasteiger partial charge in [-0.15, -0.1) is 0 Å². The van der Waals surface area contributed by atoms with Gasteiger partial charge in [0.15, 0.2) is 11.9 Å². The maximum atomic E-state index is 12.7. The van der Waals surface area contributed by atoms with Crippen molar-refractivity contribution in [3.05, 3.63) is 85.1 Å². The Morgan fingerprint density at radius 1 is 0.548 bits per heavy atom. The summed E-state index contributed by atoms with van der Waals surface area (Å²) in [6.45, 7) is 4.13. The molecule has 2 atom stereocenters. The maximum absolute atomic E-state index is 12.7. The number of rotatable bonds is 42. The van der Waals surface area contributed by atoms with Gasteiger partial charge in [-0.1, -0.05) is 151 Å². The van der Waals surface area contributed by atoms with Crippen molar-refractivity contribution >= 4 is 25.5 Å². The molecule has 1 N–H and O–H groups in total. The van der Waals surface area contributed by atoms with Crippen LogP contribution in [0.5, 0.6) is 0 Å². The highest BCUT2D eigenvalue weighted by atomic mass is 31.2. The molecule has 0 heterocycles. The lowest BCUT2D eigenvalue weighted by molar-refractivity contribution is -0.870. The summed E-state index contributed by atoms with van der Waals surface area (Å²) in [5.74, 6) is -0.751. The number of phosphoric ester groups is 1. The van der Waals surface area contributed by atoms with Crippen LogP contribution >= 0.6 is 7.82 Å². The molecule has 0 aliphatic rings. The summed E-state index contributed by atoms with van der Waals surface area (Å²) in [6.07, 6.45) is 50.4. The molecule has 0 fully saturated rings. The molecule has 0 radical (unpaired) electrons. The summed E-state index contributed by atoms with van der Waals surface area (Å²) < 4.78 is 34.2. The Labute approximate surface area is 377 Å². The highest BCUT2D eigenvalue weighted by Gasteiger charge is 2.27. The van der Waals surface area contributed by atoms with Crippen molar-refractivity contribution in [2.24, 2.45) is 0 Å². The first-order valence-electron chi connectivity index (χ1n) is 23.8. The quantitative estimate of drug-likeness (QED) is 0.0121. The largest absolute Gasteiger partial charge is 0.472 e. The molecular weight excluding hydrogens is 802 g/mol. The number of carbonyl (C=O) groups is 3. The fourth-order valence-corrected chi connectivity index (χ4v) is 6.59. The van der Waals surface area contributed by atoms with Gasteiger partial charge in [0.05, 0.1) is 27.7 Å². The first kappa shape index (κ1) is 58.9. The fourth-order valence-electron chi connectivity index (χ4n) is 5.85. The third kappa shape index (κ3) is 44.9. The standard InChI is InChI=1S/C51H86NO9P/c1-6-8-10-11-12-13-14-15-16-17-18-19-20-21-22-25-29-32-35-39-43-51(55)61-49(47-60-62(56,57)59-45-44-52(3,4)5)46-58-50(54)42-38-34-31-28-26-23-24-27-30-33-37-41-48(53)40-36-9-7-2/h13-14,16-17,19-20,23-24,28,30-31,33,37,41,49H,6-12,15,18,21-22,25-27,29,32,34-36,38-40,42-47H2,1-5H3/p+1/b14-13-,17-16-,20-19-,24-23-,31-28-,33-30-,41-37+/t49-/m1/s1. The van der Waals surface area contributed by atoms with Gasteiger partial charge in [-0.05, 0) is 83.1 Å². The molecule has 0 aliphatic carbocycles. The average molecular weight is 889 g/mol. The van der Waals surface area contributed by atoms with Crippen LogP contribution in [0.15, 0.2) is 85.1 Å². The van der Waals surface area contributed by atoms with Crippen LogP contribution < -0.4 is 0 Å². The molecule has 0 spiro atoms.